The zero-order chi connectivity index (χ0) is 22.3. The van der Waals surface area contributed by atoms with Crippen LogP contribution in [0.3, 0.4) is 0 Å². The zero-order valence-electron chi connectivity index (χ0n) is 17.0. The maximum Gasteiger partial charge on any atom is 0.319 e. The summed E-state index contributed by atoms with van der Waals surface area (Å²) in [6.45, 7) is 4.44. The van der Waals surface area contributed by atoms with E-state index >= 15 is 0 Å². The molecule has 0 aliphatic carbocycles. The zero-order valence-corrected chi connectivity index (χ0v) is 17.8. The third-order valence-corrected chi connectivity index (χ3v) is 6.80. The van der Waals surface area contributed by atoms with E-state index in [0.717, 1.165) is 0 Å². The van der Waals surface area contributed by atoms with Crippen LogP contribution in [0.2, 0.25) is 0 Å². The van der Waals surface area contributed by atoms with Crippen molar-refractivity contribution in [1.82, 2.24) is 14.6 Å². The first-order chi connectivity index (χ1) is 14.9. The van der Waals surface area contributed by atoms with Gasteiger partial charge in [-0.05, 0) is 49.2 Å². The van der Waals surface area contributed by atoms with Gasteiger partial charge in [-0.2, -0.15) is 4.31 Å². The van der Waals surface area contributed by atoms with E-state index in [1.807, 2.05) is 0 Å². The maximum absolute atomic E-state index is 12.7. The molecule has 3 N–H and O–H groups in total. The van der Waals surface area contributed by atoms with Crippen molar-refractivity contribution < 1.29 is 18.0 Å². The van der Waals surface area contributed by atoms with E-state index in [4.69, 9.17) is 0 Å². The van der Waals surface area contributed by atoms with E-state index in [2.05, 4.69) is 27.5 Å². The van der Waals surface area contributed by atoms with Crippen molar-refractivity contribution >= 4 is 33.3 Å². The van der Waals surface area contributed by atoms with Gasteiger partial charge in [-0.1, -0.05) is 6.08 Å². The molecular weight excluding hydrogens is 418 g/mol. The molecule has 0 spiro atoms. The van der Waals surface area contributed by atoms with Gasteiger partial charge >= 0.3 is 6.03 Å². The Kier molecular flexibility index (Phi) is 7.37. The van der Waals surface area contributed by atoms with Crippen LogP contribution >= 0.6 is 0 Å². The smallest absolute Gasteiger partial charge is 0.319 e. The van der Waals surface area contributed by atoms with Crippen LogP contribution in [0, 0.1) is 5.92 Å². The average Bonchev–Trinajstić information content (AvgIpc) is 2.79. The summed E-state index contributed by atoms with van der Waals surface area (Å²) in [5.74, 6) is -0.425. The van der Waals surface area contributed by atoms with E-state index in [1.54, 1.807) is 36.4 Å². The molecule has 3 rings (SSSR count). The standard InChI is InChI=1S/C21H25N5O4S/c1-2-11-23-21(28)25-18-7-5-17(6-8-18)24-20(27)16-9-13-26(14-10-16)31(29,30)19-4-3-12-22-15-19/h2-8,12,15-16H,1,9-11,13-14H2,(H,24,27)(H2,23,25,28). The van der Waals surface area contributed by atoms with Gasteiger partial charge in [-0.3, -0.25) is 9.78 Å². The van der Waals surface area contributed by atoms with Gasteiger partial charge in [0.05, 0.1) is 0 Å². The van der Waals surface area contributed by atoms with Crippen LogP contribution in [0.25, 0.3) is 0 Å². The lowest BCUT2D eigenvalue weighted by Gasteiger charge is -2.30. The number of carbonyl (C=O) groups excluding carboxylic acids is 2. The lowest BCUT2D eigenvalue weighted by molar-refractivity contribution is -0.120. The summed E-state index contributed by atoms with van der Waals surface area (Å²) in [5.41, 5.74) is 1.20. The number of nitrogens with zero attached hydrogens (tertiary/aromatic N) is 2. The van der Waals surface area contributed by atoms with Crippen molar-refractivity contribution in [3.63, 3.8) is 0 Å². The second-order valence-electron chi connectivity index (χ2n) is 7.06. The van der Waals surface area contributed by atoms with Crippen LogP contribution in [-0.2, 0) is 14.8 Å². The highest BCUT2D eigenvalue weighted by atomic mass is 32.2. The Morgan fingerprint density at radius 2 is 1.74 bits per heavy atom. The minimum Gasteiger partial charge on any atom is -0.334 e. The summed E-state index contributed by atoms with van der Waals surface area (Å²) in [4.78, 5) is 28.3. The van der Waals surface area contributed by atoms with Crippen LogP contribution in [0.5, 0.6) is 0 Å². The second-order valence-corrected chi connectivity index (χ2v) is 9.00. The van der Waals surface area contributed by atoms with Gasteiger partial charge in [0.15, 0.2) is 0 Å². The number of benzene rings is 1. The number of nitrogens with one attached hydrogen (secondary N) is 3. The molecule has 3 amide bonds. The minimum atomic E-state index is -3.60. The van der Waals surface area contributed by atoms with Gasteiger partial charge in [0, 0.05) is 49.3 Å². The number of hydrogen-bond acceptors (Lipinski definition) is 5. The van der Waals surface area contributed by atoms with E-state index in [0.29, 0.717) is 30.8 Å². The molecule has 164 valence electrons. The Morgan fingerprint density at radius 1 is 1.10 bits per heavy atom. The van der Waals surface area contributed by atoms with E-state index in [9.17, 15) is 18.0 Å². The Hall–Kier alpha value is -3.24. The molecule has 0 bridgehead atoms. The van der Waals surface area contributed by atoms with Crippen molar-refractivity contribution in [2.75, 3.05) is 30.3 Å². The summed E-state index contributed by atoms with van der Waals surface area (Å²) in [6, 6.07) is 9.53. The lowest BCUT2D eigenvalue weighted by atomic mass is 9.97. The van der Waals surface area contributed by atoms with Gasteiger partial charge in [0.2, 0.25) is 15.9 Å². The number of anilines is 2. The molecule has 0 radical (unpaired) electrons. The van der Waals surface area contributed by atoms with Gasteiger partial charge in [0.1, 0.15) is 4.90 Å². The van der Waals surface area contributed by atoms with E-state index < -0.39 is 10.0 Å². The first-order valence-electron chi connectivity index (χ1n) is 9.87. The Bertz CT molecular complexity index is 1020. The number of amides is 3. The topological polar surface area (TPSA) is 120 Å². The number of pyridine rings is 1. The Morgan fingerprint density at radius 3 is 2.32 bits per heavy atom. The van der Waals surface area contributed by atoms with Crippen molar-refractivity contribution in [3.05, 3.63) is 61.4 Å². The molecular formula is C21H25N5O4S. The number of piperidine rings is 1. The minimum absolute atomic E-state index is 0.150. The van der Waals surface area contributed by atoms with Gasteiger partial charge < -0.3 is 16.0 Å². The molecule has 9 nitrogen and oxygen atoms in total. The molecule has 0 unspecified atom stereocenters. The molecule has 1 aromatic carbocycles. The summed E-state index contributed by atoms with van der Waals surface area (Å²) < 4.78 is 26.7. The molecule has 1 saturated heterocycles. The summed E-state index contributed by atoms with van der Waals surface area (Å²) in [5, 5.41) is 8.14. The van der Waals surface area contributed by atoms with Crippen LogP contribution < -0.4 is 16.0 Å². The summed E-state index contributed by atoms with van der Waals surface area (Å²) >= 11 is 0. The van der Waals surface area contributed by atoms with E-state index in [-0.39, 0.29) is 35.8 Å². The fraction of sp³-hybridized carbons (Fsp3) is 0.286. The van der Waals surface area contributed by atoms with Crippen LogP contribution in [0.1, 0.15) is 12.8 Å². The number of sulfonamides is 1. The van der Waals surface area contributed by atoms with Crippen LogP contribution in [0.15, 0.2) is 66.3 Å². The summed E-state index contributed by atoms with van der Waals surface area (Å²) in [7, 11) is -3.60. The molecule has 1 aliphatic rings. The third kappa shape index (κ3) is 5.89. The highest BCUT2D eigenvalue weighted by Gasteiger charge is 2.32. The normalized spacial score (nSPS) is 15.1. The Labute approximate surface area is 181 Å². The maximum atomic E-state index is 12.7. The number of hydrogen-bond donors (Lipinski definition) is 3. The van der Waals surface area contributed by atoms with Crippen LogP contribution in [0.4, 0.5) is 16.2 Å². The average molecular weight is 444 g/mol. The van der Waals surface area contributed by atoms with Crippen molar-refractivity contribution in [3.8, 4) is 0 Å². The number of aromatic nitrogens is 1. The molecule has 1 aromatic heterocycles. The predicted octanol–water partition coefficient (Wildman–Crippen LogP) is 2.43. The number of rotatable bonds is 7. The van der Waals surface area contributed by atoms with Gasteiger partial charge in [0.25, 0.3) is 0 Å². The van der Waals surface area contributed by atoms with Gasteiger partial charge in [-0.15, -0.1) is 6.58 Å². The van der Waals surface area contributed by atoms with E-state index in [1.165, 1.54) is 22.8 Å². The quantitative estimate of drug-likeness (QED) is 0.568. The first kappa shape index (κ1) is 22.4. The fourth-order valence-corrected chi connectivity index (χ4v) is 4.66. The van der Waals surface area contributed by atoms with Crippen molar-refractivity contribution in [2.45, 2.75) is 17.7 Å². The third-order valence-electron chi connectivity index (χ3n) is 4.91. The molecule has 1 aliphatic heterocycles. The number of carbonyl (C=O) groups is 2. The van der Waals surface area contributed by atoms with Crippen molar-refractivity contribution in [2.24, 2.45) is 5.92 Å². The highest BCUT2D eigenvalue weighted by molar-refractivity contribution is 7.89. The monoisotopic (exact) mass is 443 g/mol. The molecule has 10 heteroatoms. The second kappa shape index (κ2) is 10.2. The SMILES string of the molecule is C=CCNC(=O)Nc1ccc(NC(=O)C2CCN(S(=O)(=O)c3cccnc3)CC2)cc1. The molecule has 0 saturated carbocycles. The predicted molar refractivity (Wildman–Crippen MR) is 118 cm³/mol. The first-order valence-corrected chi connectivity index (χ1v) is 11.3. The number of urea groups is 1. The fourth-order valence-electron chi connectivity index (χ4n) is 3.23. The molecule has 31 heavy (non-hydrogen) atoms. The van der Waals surface area contributed by atoms with Crippen LogP contribution in [-0.4, -0.2) is 49.3 Å². The molecule has 1 fully saturated rings. The molecule has 2 heterocycles. The lowest BCUT2D eigenvalue weighted by Crippen LogP contribution is -2.41. The van der Waals surface area contributed by atoms with Gasteiger partial charge in [-0.25, -0.2) is 13.2 Å². The summed E-state index contributed by atoms with van der Waals surface area (Å²) in [6.07, 6.45) is 5.31. The Balaban J connectivity index is 1.51. The largest absolute Gasteiger partial charge is 0.334 e. The molecule has 2 aromatic rings. The molecule has 0 atom stereocenters. The highest BCUT2D eigenvalue weighted by Crippen LogP contribution is 2.25. The van der Waals surface area contributed by atoms with Crippen molar-refractivity contribution in [1.29, 1.82) is 0 Å².